The Morgan fingerprint density at radius 2 is 2.24 bits per heavy atom. The highest BCUT2D eigenvalue weighted by molar-refractivity contribution is 5.77. The van der Waals surface area contributed by atoms with Crippen LogP contribution in [-0.2, 0) is 4.79 Å². The lowest BCUT2D eigenvalue weighted by Gasteiger charge is -2.09. The van der Waals surface area contributed by atoms with Gasteiger partial charge in [0.15, 0.2) is 6.61 Å². The Bertz CT molecular complexity index is 378. The molecule has 0 aliphatic heterocycles. The van der Waals surface area contributed by atoms with Gasteiger partial charge in [0.1, 0.15) is 5.75 Å². The molecular weight excluding hydrogens is 216 g/mol. The highest BCUT2D eigenvalue weighted by Crippen LogP contribution is 2.19. The summed E-state index contributed by atoms with van der Waals surface area (Å²) in [4.78, 5) is 11.4. The van der Waals surface area contributed by atoms with Crippen molar-refractivity contribution in [2.24, 2.45) is 0 Å². The molecule has 4 heteroatoms. The van der Waals surface area contributed by atoms with E-state index >= 15 is 0 Å². The van der Waals surface area contributed by atoms with Crippen molar-refractivity contribution in [3.8, 4) is 5.75 Å². The number of hydrogen-bond donors (Lipinski definition) is 2. The predicted octanol–water partition coefficient (Wildman–Crippen LogP) is 1.87. The molecule has 0 saturated heterocycles. The number of nitrogens with two attached hydrogens (primary N) is 1. The van der Waals surface area contributed by atoms with E-state index in [9.17, 15) is 4.79 Å². The van der Waals surface area contributed by atoms with E-state index < -0.39 is 0 Å². The number of rotatable bonds is 6. The Morgan fingerprint density at radius 3 is 2.88 bits per heavy atom. The lowest BCUT2D eigenvalue weighted by Crippen LogP contribution is -2.29. The number of nitrogen functional groups attached to an aromatic ring is 1. The van der Waals surface area contributed by atoms with Gasteiger partial charge in [0.25, 0.3) is 5.91 Å². The van der Waals surface area contributed by atoms with Crippen molar-refractivity contribution in [1.29, 1.82) is 0 Å². The Morgan fingerprint density at radius 1 is 1.47 bits per heavy atom. The van der Waals surface area contributed by atoms with Gasteiger partial charge in [0, 0.05) is 12.2 Å². The zero-order chi connectivity index (χ0) is 12.7. The van der Waals surface area contributed by atoms with E-state index in [0.717, 1.165) is 18.4 Å². The first kappa shape index (κ1) is 13.4. The van der Waals surface area contributed by atoms with Gasteiger partial charge in [-0.25, -0.2) is 0 Å². The number of aryl methyl sites for hydroxylation is 1. The van der Waals surface area contributed by atoms with Crippen LogP contribution in [0.3, 0.4) is 0 Å². The van der Waals surface area contributed by atoms with Gasteiger partial charge >= 0.3 is 0 Å². The topological polar surface area (TPSA) is 64.3 Å². The quantitative estimate of drug-likeness (QED) is 0.585. The van der Waals surface area contributed by atoms with Crippen molar-refractivity contribution in [3.05, 3.63) is 23.8 Å². The van der Waals surface area contributed by atoms with Gasteiger partial charge in [-0.2, -0.15) is 0 Å². The second kappa shape index (κ2) is 6.78. The average Bonchev–Trinajstić information content (AvgIpc) is 2.28. The maximum absolute atomic E-state index is 11.4. The fourth-order valence-electron chi connectivity index (χ4n) is 1.43. The zero-order valence-electron chi connectivity index (χ0n) is 10.5. The van der Waals surface area contributed by atoms with E-state index in [-0.39, 0.29) is 12.5 Å². The summed E-state index contributed by atoms with van der Waals surface area (Å²) in [6.45, 7) is 4.74. The van der Waals surface area contributed by atoms with Gasteiger partial charge in [-0.05, 0) is 37.1 Å². The van der Waals surface area contributed by atoms with Crippen molar-refractivity contribution >= 4 is 11.6 Å². The van der Waals surface area contributed by atoms with Crippen LogP contribution in [0.25, 0.3) is 0 Å². The smallest absolute Gasteiger partial charge is 0.257 e. The number of carbonyl (C=O) groups is 1. The van der Waals surface area contributed by atoms with Gasteiger partial charge < -0.3 is 15.8 Å². The normalized spacial score (nSPS) is 10.0. The van der Waals surface area contributed by atoms with E-state index in [0.29, 0.717) is 18.0 Å². The summed E-state index contributed by atoms with van der Waals surface area (Å²) in [5.41, 5.74) is 7.26. The van der Waals surface area contributed by atoms with Gasteiger partial charge in [-0.15, -0.1) is 0 Å². The third kappa shape index (κ3) is 4.76. The minimum Gasteiger partial charge on any atom is -0.484 e. The van der Waals surface area contributed by atoms with Gasteiger partial charge in [0.05, 0.1) is 0 Å². The molecule has 1 amide bonds. The molecule has 0 aliphatic carbocycles. The van der Waals surface area contributed by atoms with Crippen LogP contribution in [0.1, 0.15) is 25.3 Å². The van der Waals surface area contributed by atoms with Gasteiger partial charge in [-0.3, -0.25) is 4.79 Å². The molecule has 0 unspecified atom stereocenters. The van der Waals surface area contributed by atoms with Gasteiger partial charge in [0.2, 0.25) is 0 Å². The first-order valence-corrected chi connectivity index (χ1v) is 5.89. The first-order chi connectivity index (χ1) is 8.13. The molecule has 0 aliphatic rings. The second-order valence-corrected chi connectivity index (χ2v) is 4.02. The number of ether oxygens (including phenoxy) is 1. The largest absolute Gasteiger partial charge is 0.484 e. The molecule has 1 aromatic carbocycles. The lowest BCUT2D eigenvalue weighted by atomic mass is 10.2. The molecule has 4 nitrogen and oxygen atoms in total. The van der Waals surface area contributed by atoms with E-state index in [1.165, 1.54) is 0 Å². The van der Waals surface area contributed by atoms with E-state index in [1.807, 2.05) is 13.0 Å². The summed E-state index contributed by atoms with van der Waals surface area (Å²) in [5.74, 6) is 0.611. The first-order valence-electron chi connectivity index (χ1n) is 5.89. The predicted molar refractivity (Wildman–Crippen MR) is 69.0 cm³/mol. The number of carbonyl (C=O) groups excluding carboxylic acids is 1. The summed E-state index contributed by atoms with van der Waals surface area (Å²) < 4.78 is 5.42. The van der Waals surface area contributed by atoms with E-state index in [1.54, 1.807) is 12.1 Å². The molecule has 0 heterocycles. The molecule has 0 fully saturated rings. The van der Waals surface area contributed by atoms with Crippen LogP contribution in [0.5, 0.6) is 5.75 Å². The van der Waals surface area contributed by atoms with Crippen LogP contribution < -0.4 is 15.8 Å². The summed E-state index contributed by atoms with van der Waals surface area (Å²) in [7, 11) is 0. The molecule has 0 spiro atoms. The molecule has 1 rings (SSSR count). The van der Waals surface area contributed by atoms with Crippen LogP contribution in [0, 0.1) is 6.92 Å². The third-order valence-electron chi connectivity index (χ3n) is 2.41. The second-order valence-electron chi connectivity index (χ2n) is 4.02. The average molecular weight is 236 g/mol. The zero-order valence-corrected chi connectivity index (χ0v) is 10.5. The Labute approximate surface area is 102 Å². The van der Waals surface area contributed by atoms with Crippen LogP contribution in [0.4, 0.5) is 5.69 Å². The molecule has 1 aromatic rings. The molecule has 94 valence electrons. The Balaban J connectivity index is 2.37. The minimum absolute atomic E-state index is 0.0501. The summed E-state index contributed by atoms with van der Waals surface area (Å²) >= 11 is 0. The van der Waals surface area contributed by atoms with E-state index in [4.69, 9.17) is 10.5 Å². The molecule has 0 bridgehead atoms. The van der Waals surface area contributed by atoms with Crippen molar-refractivity contribution in [3.63, 3.8) is 0 Å². The number of nitrogens with one attached hydrogen (secondary N) is 1. The number of hydrogen-bond acceptors (Lipinski definition) is 3. The SMILES string of the molecule is CCCCNC(=O)COc1ccc(N)cc1C. The Hall–Kier alpha value is -1.71. The van der Waals surface area contributed by atoms with Crippen LogP contribution >= 0.6 is 0 Å². The molecule has 0 aromatic heterocycles. The number of unbranched alkanes of at least 4 members (excludes halogenated alkanes) is 1. The highest BCUT2D eigenvalue weighted by atomic mass is 16.5. The monoisotopic (exact) mass is 236 g/mol. The molecule has 17 heavy (non-hydrogen) atoms. The van der Waals surface area contributed by atoms with Crippen LogP contribution in [0.15, 0.2) is 18.2 Å². The summed E-state index contributed by atoms with van der Waals surface area (Å²) in [5, 5.41) is 2.80. The number of benzene rings is 1. The number of anilines is 1. The fraction of sp³-hybridized carbons (Fsp3) is 0.462. The minimum atomic E-state index is -0.0883. The van der Waals surface area contributed by atoms with Crippen molar-refractivity contribution in [1.82, 2.24) is 5.32 Å². The summed E-state index contributed by atoms with van der Waals surface area (Å²) in [6.07, 6.45) is 2.06. The molecule has 0 radical (unpaired) electrons. The van der Waals surface area contributed by atoms with Crippen LogP contribution in [0.2, 0.25) is 0 Å². The van der Waals surface area contributed by atoms with E-state index in [2.05, 4.69) is 12.2 Å². The number of amides is 1. The fourth-order valence-corrected chi connectivity index (χ4v) is 1.43. The standard InChI is InChI=1S/C13H20N2O2/c1-3-4-7-15-13(16)9-17-12-6-5-11(14)8-10(12)2/h5-6,8H,3-4,7,9,14H2,1-2H3,(H,15,16). The third-order valence-corrected chi connectivity index (χ3v) is 2.41. The van der Waals surface area contributed by atoms with Crippen molar-refractivity contribution < 1.29 is 9.53 Å². The Kier molecular flexibility index (Phi) is 5.33. The van der Waals surface area contributed by atoms with Crippen molar-refractivity contribution in [2.45, 2.75) is 26.7 Å². The van der Waals surface area contributed by atoms with Crippen LogP contribution in [-0.4, -0.2) is 19.1 Å². The molecule has 0 atom stereocenters. The lowest BCUT2D eigenvalue weighted by molar-refractivity contribution is -0.123. The highest BCUT2D eigenvalue weighted by Gasteiger charge is 2.04. The maximum atomic E-state index is 11.4. The van der Waals surface area contributed by atoms with Gasteiger partial charge in [-0.1, -0.05) is 13.3 Å². The molecule has 0 saturated carbocycles. The van der Waals surface area contributed by atoms with Crippen molar-refractivity contribution in [2.75, 3.05) is 18.9 Å². The summed E-state index contributed by atoms with van der Waals surface area (Å²) in [6, 6.07) is 5.37. The maximum Gasteiger partial charge on any atom is 0.257 e. The molecule has 3 N–H and O–H groups in total. The molecular formula is C13H20N2O2.